The molecule has 0 aromatic rings. The van der Waals surface area contributed by atoms with Gasteiger partial charge in [0.1, 0.15) is 0 Å². The zero-order chi connectivity index (χ0) is 25.9. The van der Waals surface area contributed by atoms with Crippen molar-refractivity contribution in [1.29, 1.82) is 0 Å². The van der Waals surface area contributed by atoms with Crippen LogP contribution in [0.15, 0.2) is 0 Å². The van der Waals surface area contributed by atoms with Crippen molar-refractivity contribution in [2.45, 2.75) is 168 Å². The van der Waals surface area contributed by atoms with E-state index in [9.17, 15) is 9.90 Å². The standard InChI is InChI=1S/C22H45NO.C8H20NO.ClH/c1-2-3-4-5-6-7-8-9-10-11-12-13-14-15-16-17-18-19-20-21-22(23)24;1-5-7-9(3,4)8(10)6-2;/h2-21H2,1H3,(H2,23,24);8,10H,5-7H2,1-4H3;1H/q;+1;/p-1. The molecule has 214 valence electrons. The number of quaternary nitrogens is 1. The quantitative estimate of drug-likeness (QED) is 0.100. The third kappa shape index (κ3) is 31.7. The Labute approximate surface area is 227 Å². The minimum atomic E-state index is -0.194. The van der Waals surface area contributed by atoms with Crippen molar-refractivity contribution in [3.8, 4) is 0 Å². The van der Waals surface area contributed by atoms with E-state index in [1.807, 2.05) is 6.92 Å². The van der Waals surface area contributed by atoms with Crippen molar-refractivity contribution >= 4 is 5.91 Å². The second-order valence-corrected chi connectivity index (χ2v) is 11.0. The maximum atomic E-state index is 10.6. The molecule has 1 amide bonds. The molecule has 0 fully saturated rings. The molecule has 4 nitrogen and oxygen atoms in total. The average molecular weight is 521 g/mol. The van der Waals surface area contributed by atoms with Gasteiger partial charge in [0.15, 0.2) is 6.23 Å². The SMILES string of the molecule is CCCCCCCCCCCCCCCCCCCCCC(N)=O.CCC[N+](C)(C)C(O)CC.[Cl-]. The third-order valence-corrected chi connectivity index (χ3v) is 7.00. The molecular weight excluding hydrogens is 456 g/mol. The number of hydrogen-bond donors (Lipinski definition) is 2. The molecule has 0 saturated heterocycles. The zero-order valence-electron chi connectivity index (χ0n) is 24.6. The Morgan fingerprint density at radius 3 is 1.20 bits per heavy atom. The maximum absolute atomic E-state index is 10.6. The van der Waals surface area contributed by atoms with Crippen LogP contribution in [0.2, 0.25) is 0 Å². The number of carbonyl (C=O) groups excluding carboxylic acids is 1. The molecule has 1 unspecified atom stereocenters. The summed E-state index contributed by atoms with van der Waals surface area (Å²) in [6.45, 7) is 7.49. The van der Waals surface area contributed by atoms with Gasteiger partial charge in [0.05, 0.1) is 20.6 Å². The van der Waals surface area contributed by atoms with Gasteiger partial charge in [0.2, 0.25) is 5.91 Å². The predicted molar refractivity (Wildman–Crippen MR) is 151 cm³/mol. The molecule has 0 aliphatic carbocycles. The van der Waals surface area contributed by atoms with Crippen molar-refractivity contribution in [2.75, 3.05) is 20.6 Å². The van der Waals surface area contributed by atoms with Crippen LogP contribution in [0, 0.1) is 0 Å². The third-order valence-electron chi connectivity index (χ3n) is 7.00. The second kappa shape index (κ2) is 29.9. The molecular formula is C30H65ClN2O2. The fourth-order valence-corrected chi connectivity index (χ4v) is 4.60. The molecule has 1 atom stereocenters. The normalized spacial score (nSPS) is 11.9. The molecule has 0 bridgehead atoms. The molecule has 0 aromatic carbocycles. The Kier molecular flexibility index (Phi) is 33.5. The van der Waals surface area contributed by atoms with Gasteiger partial charge in [-0.15, -0.1) is 0 Å². The van der Waals surface area contributed by atoms with Crippen LogP contribution < -0.4 is 18.1 Å². The number of unbranched alkanes of at least 4 members (excludes halogenated alkanes) is 18. The van der Waals surface area contributed by atoms with Crippen LogP contribution in [-0.4, -0.2) is 42.4 Å². The highest BCUT2D eigenvalue weighted by Gasteiger charge is 2.22. The van der Waals surface area contributed by atoms with Gasteiger partial charge >= 0.3 is 0 Å². The number of primary amides is 1. The minimum Gasteiger partial charge on any atom is -1.00 e. The first-order valence-corrected chi connectivity index (χ1v) is 15.1. The minimum absolute atomic E-state index is 0. The van der Waals surface area contributed by atoms with E-state index in [1.54, 1.807) is 0 Å². The van der Waals surface area contributed by atoms with E-state index < -0.39 is 0 Å². The summed E-state index contributed by atoms with van der Waals surface area (Å²) >= 11 is 0. The number of aliphatic hydroxyl groups excluding tert-OH is 1. The number of amides is 1. The van der Waals surface area contributed by atoms with Crippen LogP contribution in [0.4, 0.5) is 0 Å². The van der Waals surface area contributed by atoms with Crippen LogP contribution in [0.3, 0.4) is 0 Å². The predicted octanol–water partition coefficient (Wildman–Crippen LogP) is 5.50. The lowest BCUT2D eigenvalue weighted by atomic mass is 10.0. The summed E-state index contributed by atoms with van der Waals surface area (Å²) in [5.41, 5.74) is 5.13. The first-order chi connectivity index (χ1) is 16.3. The van der Waals surface area contributed by atoms with Crippen molar-refractivity contribution in [1.82, 2.24) is 0 Å². The Morgan fingerprint density at radius 1 is 0.629 bits per heavy atom. The van der Waals surface area contributed by atoms with Crippen molar-refractivity contribution in [3.05, 3.63) is 0 Å². The highest BCUT2D eigenvalue weighted by molar-refractivity contribution is 5.73. The number of rotatable bonds is 24. The number of hydrogen-bond acceptors (Lipinski definition) is 2. The van der Waals surface area contributed by atoms with E-state index in [2.05, 4.69) is 27.9 Å². The second-order valence-electron chi connectivity index (χ2n) is 11.0. The molecule has 0 rings (SSSR count). The molecule has 3 N–H and O–H groups in total. The Morgan fingerprint density at radius 2 is 0.943 bits per heavy atom. The van der Waals surface area contributed by atoms with Crippen molar-refractivity contribution in [3.63, 3.8) is 0 Å². The molecule has 35 heavy (non-hydrogen) atoms. The van der Waals surface area contributed by atoms with Crippen molar-refractivity contribution < 1.29 is 26.8 Å². The van der Waals surface area contributed by atoms with E-state index >= 15 is 0 Å². The highest BCUT2D eigenvalue weighted by atomic mass is 35.5. The topological polar surface area (TPSA) is 63.3 Å². The Balaban J connectivity index is -0.000000784. The lowest BCUT2D eigenvalue weighted by molar-refractivity contribution is -0.936. The van der Waals surface area contributed by atoms with E-state index in [0.29, 0.717) is 6.42 Å². The number of nitrogens with zero attached hydrogens (tertiary/aromatic N) is 1. The summed E-state index contributed by atoms with van der Waals surface area (Å²) in [7, 11) is 4.13. The van der Waals surface area contributed by atoms with Crippen LogP contribution in [-0.2, 0) is 4.79 Å². The summed E-state index contributed by atoms with van der Waals surface area (Å²) in [4.78, 5) is 10.6. The molecule has 0 aromatic heterocycles. The lowest BCUT2D eigenvalue weighted by Crippen LogP contribution is -3.00. The van der Waals surface area contributed by atoms with Gasteiger partial charge in [0, 0.05) is 12.8 Å². The Bertz CT molecular complexity index is 419. The van der Waals surface area contributed by atoms with E-state index in [0.717, 1.165) is 30.3 Å². The van der Waals surface area contributed by atoms with Crippen LogP contribution in [0.1, 0.15) is 162 Å². The molecule has 0 saturated carbocycles. The summed E-state index contributed by atoms with van der Waals surface area (Å²) in [5, 5.41) is 9.49. The highest BCUT2D eigenvalue weighted by Crippen LogP contribution is 2.14. The summed E-state index contributed by atoms with van der Waals surface area (Å²) in [5.74, 6) is -0.151. The monoisotopic (exact) mass is 520 g/mol. The van der Waals surface area contributed by atoms with Gasteiger partial charge in [-0.05, 0) is 12.8 Å². The Hall–Kier alpha value is -0.320. The summed E-state index contributed by atoms with van der Waals surface area (Å²) in [6.07, 6.45) is 28.6. The molecule has 5 heteroatoms. The van der Waals surface area contributed by atoms with Gasteiger partial charge < -0.3 is 27.7 Å². The van der Waals surface area contributed by atoms with Crippen LogP contribution in [0.5, 0.6) is 0 Å². The summed E-state index contributed by atoms with van der Waals surface area (Å²) < 4.78 is 0.729. The van der Waals surface area contributed by atoms with Gasteiger partial charge in [-0.25, -0.2) is 0 Å². The van der Waals surface area contributed by atoms with Gasteiger partial charge in [0.25, 0.3) is 0 Å². The fourth-order valence-electron chi connectivity index (χ4n) is 4.60. The number of nitrogens with two attached hydrogens (primary N) is 1. The van der Waals surface area contributed by atoms with Crippen LogP contribution in [0.25, 0.3) is 0 Å². The smallest absolute Gasteiger partial charge is 0.217 e. The largest absolute Gasteiger partial charge is 1.00 e. The summed E-state index contributed by atoms with van der Waals surface area (Å²) in [6, 6.07) is 0. The van der Waals surface area contributed by atoms with Gasteiger partial charge in [-0.1, -0.05) is 136 Å². The molecule has 0 aliphatic heterocycles. The van der Waals surface area contributed by atoms with E-state index in [1.165, 1.54) is 116 Å². The number of carbonyl (C=O) groups is 1. The number of halogens is 1. The van der Waals surface area contributed by atoms with Gasteiger partial charge in [-0.3, -0.25) is 4.79 Å². The zero-order valence-corrected chi connectivity index (χ0v) is 25.4. The van der Waals surface area contributed by atoms with Crippen molar-refractivity contribution in [2.24, 2.45) is 5.73 Å². The molecule has 0 heterocycles. The first kappa shape index (κ1) is 39.2. The molecule has 0 spiro atoms. The maximum Gasteiger partial charge on any atom is 0.217 e. The lowest BCUT2D eigenvalue weighted by Gasteiger charge is -2.33. The average Bonchev–Trinajstić information content (AvgIpc) is 2.80. The molecule has 0 aliphatic rings. The first-order valence-electron chi connectivity index (χ1n) is 15.1. The van der Waals surface area contributed by atoms with Gasteiger partial charge in [-0.2, -0.15) is 0 Å². The van der Waals surface area contributed by atoms with Crippen LogP contribution >= 0.6 is 0 Å². The van der Waals surface area contributed by atoms with E-state index in [-0.39, 0.29) is 24.5 Å². The molecule has 0 radical (unpaired) electrons. The number of aliphatic hydroxyl groups is 1. The van der Waals surface area contributed by atoms with E-state index in [4.69, 9.17) is 5.73 Å². The fraction of sp³-hybridized carbons (Fsp3) is 0.967.